The van der Waals surface area contributed by atoms with Crippen molar-refractivity contribution in [3.05, 3.63) is 70.1 Å². The van der Waals surface area contributed by atoms with Gasteiger partial charge in [0.05, 0.1) is 18.2 Å². The zero-order valence-electron chi connectivity index (χ0n) is 17.5. The number of benzene rings is 2. The summed E-state index contributed by atoms with van der Waals surface area (Å²) in [5.41, 5.74) is 4.08. The Morgan fingerprint density at radius 1 is 1.10 bits per heavy atom. The van der Waals surface area contributed by atoms with E-state index in [2.05, 4.69) is 22.5 Å². The van der Waals surface area contributed by atoms with Crippen LogP contribution in [0.25, 0.3) is 10.8 Å². The summed E-state index contributed by atoms with van der Waals surface area (Å²) < 4.78 is 6.54. The number of nitrogens with one attached hydrogen (secondary N) is 1. The van der Waals surface area contributed by atoms with Gasteiger partial charge in [0.25, 0.3) is 11.5 Å². The van der Waals surface area contributed by atoms with E-state index in [1.54, 1.807) is 38.3 Å². The maximum Gasteiger partial charge on any atom is 0.292 e. The Morgan fingerprint density at radius 2 is 1.80 bits per heavy atom. The lowest BCUT2D eigenvalue weighted by molar-refractivity contribution is 0.0949. The molecule has 3 aromatic rings. The van der Waals surface area contributed by atoms with E-state index < -0.39 is 5.91 Å². The number of ether oxygens (including phenoxy) is 1. The van der Waals surface area contributed by atoms with Crippen molar-refractivity contribution >= 4 is 22.4 Å². The maximum absolute atomic E-state index is 12.9. The van der Waals surface area contributed by atoms with Gasteiger partial charge in [0, 0.05) is 11.9 Å². The van der Waals surface area contributed by atoms with Gasteiger partial charge in [-0.05, 0) is 49.2 Å². The van der Waals surface area contributed by atoms with Crippen LogP contribution >= 0.6 is 0 Å². The number of hydrogen-bond donors (Lipinski definition) is 1. The lowest BCUT2D eigenvalue weighted by atomic mass is 10.1. The lowest BCUT2D eigenvalue weighted by Gasteiger charge is -2.10. The average molecular weight is 406 g/mol. The molecule has 0 bridgehead atoms. The summed E-state index contributed by atoms with van der Waals surface area (Å²) in [5, 5.41) is 9.56. The Balaban J connectivity index is 1.89. The quantitative estimate of drug-likeness (QED) is 0.351. The highest BCUT2D eigenvalue weighted by Crippen LogP contribution is 2.14. The third-order valence-corrected chi connectivity index (χ3v) is 4.89. The van der Waals surface area contributed by atoms with Crippen molar-refractivity contribution < 1.29 is 9.53 Å². The van der Waals surface area contributed by atoms with Crippen molar-refractivity contribution in [2.75, 3.05) is 7.11 Å². The zero-order chi connectivity index (χ0) is 21.5. The molecule has 7 heteroatoms. The molecule has 1 amide bonds. The molecule has 0 atom stereocenters. The molecule has 30 heavy (non-hydrogen) atoms. The summed E-state index contributed by atoms with van der Waals surface area (Å²) in [6.45, 7) is 4.38. The fourth-order valence-electron chi connectivity index (χ4n) is 3.15. The van der Waals surface area contributed by atoms with Gasteiger partial charge < -0.3 is 4.74 Å². The molecule has 0 spiro atoms. The number of methoxy groups -OCH3 is 1. The maximum atomic E-state index is 12.9. The highest BCUT2D eigenvalue weighted by molar-refractivity contribution is 6.06. The minimum atomic E-state index is -0.455. The first kappa shape index (κ1) is 21.2. The molecule has 7 nitrogen and oxygen atoms in total. The van der Waals surface area contributed by atoms with E-state index >= 15 is 0 Å². The molecule has 0 radical (unpaired) electrons. The number of nitrogens with zero attached hydrogens (tertiary/aromatic N) is 3. The molecule has 2 aromatic carbocycles. The van der Waals surface area contributed by atoms with Gasteiger partial charge in [0.1, 0.15) is 5.75 Å². The van der Waals surface area contributed by atoms with E-state index in [4.69, 9.17) is 4.74 Å². The highest BCUT2D eigenvalue weighted by atomic mass is 16.5. The van der Waals surface area contributed by atoms with Gasteiger partial charge in [0.15, 0.2) is 5.69 Å². The molecule has 1 N–H and O–H groups in total. The van der Waals surface area contributed by atoms with Crippen molar-refractivity contribution in [1.82, 2.24) is 15.2 Å². The minimum absolute atomic E-state index is 0.184. The summed E-state index contributed by atoms with van der Waals surface area (Å²) >= 11 is 0. The van der Waals surface area contributed by atoms with Gasteiger partial charge in [-0.25, -0.2) is 10.1 Å². The van der Waals surface area contributed by atoms with Crippen LogP contribution in [-0.4, -0.2) is 28.5 Å². The lowest BCUT2D eigenvalue weighted by Crippen LogP contribution is -2.29. The van der Waals surface area contributed by atoms with E-state index in [0.717, 1.165) is 30.6 Å². The van der Waals surface area contributed by atoms with Crippen LogP contribution in [0.4, 0.5) is 0 Å². The Morgan fingerprint density at radius 3 is 2.47 bits per heavy atom. The summed E-state index contributed by atoms with van der Waals surface area (Å²) in [4.78, 5) is 25.6. The second-order valence-electron chi connectivity index (χ2n) is 7.00. The molecule has 1 heterocycles. The van der Waals surface area contributed by atoms with Gasteiger partial charge in [-0.2, -0.15) is 10.2 Å². The summed E-state index contributed by atoms with van der Waals surface area (Å²) in [7, 11) is 1.61. The van der Waals surface area contributed by atoms with Crippen molar-refractivity contribution in [3.8, 4) is 5.75 Å². The molecule has 156 valence electrons. The smallest absolute Gasteiger partial charge is 0.292 e. The average Bonchev–Trinajstić information content (AvgIpc) is 2.79. The largest absolute Gasteiger partial charge is 0.497 e. The van der Waals surface area contributed by atoms with Crippen LogP contribution in [0.1, 0.15) is 49.2 Å². The van der Waals surface area contributed by atoms with Crippen molar-refractivity contribution in [1.29, 1.82) is 0 Å². The van der Waals surface area contributed by atoms with Crippen LogP contribution in [0.5, 0.6) is 5.75 Å². The number of carbonyl (C=O) groups is 1. The minimum Gasteiger partial charge on any atom is -0.497 e. The normalized spacial score (nSPS) is 11.5. The molecule has 0 saturated heterocycles. The van der Waals surface area contributed by atoms with Crippen molar-refractivity contribution in [3.63, 3.8) is 0 Å². The molecule has 0 aliphatic rings. The van der Waals surface area contributed by atoms with Gasteiger partial charge in [-0.3, -0.25) is 9.59 Å². The van der Waals surface area contributed by atoms with Crippen LogP contribution in [-0.2, 0) is 6.54 Å². The molecule has 0 aliphatic heterocycles. The molecule has 0 aliphatic carbocycles. The number of amides is 1. The van der Waals surface area contributed by atoms with Crippen molar-refractivity contribution in [2.45, 2.75) is 39.7 Å². The molecule has 0 saturated carbocycles. The van der Waals surface area contributed by atoms with E-state index in [-0.39, 0.29) is 11.3 Å². The van der Waals surface area contributed by atoms with E-state index in [9.17, 15) is 9.59 Å². The predicted molar refractivity (Wildman–Crippen MR) is 118 cm³/mol. The van der Waals surface area contributed by atoms with E-state index in [0.29, 0.717) is 23.0 Å². The van der Waals surface area contributed by atoms with E-state index in [1.807, 2.05) is 24.3 Å². The number of rotatable bonds is 8. The number of carbonyl (C=O) groups excluding carboxylic acids is 1. The second-order valence-corrected chi connectivity index (χ2v) is 7.00. The van der Waals surface area contributed by atoms with Crippen LogP contribution in [0.3, 0.4) is 0 Å². The number of fused-ring (bicyclic) bond motifs is 1. The first-order valence-corrected chi connectivity index (χ1v) is 10.0. The van der Waals surface area contributed by atoms with E-state index in [1.165, 1.54) is 4.68 Å². The van der Waals surface area contributed by atoms with Crippen LogP contribution in [0.2, 0.25) is 0 Å². The molecular weight excluding hydrogens is 380 g/mol. The summed E-state index contributed by atoms with van der Waals surface area (Å²) in [6.07, 6.45) is 2.86. The van der Waals surface area contributed by atoms with Gasteiger partial charge >= 0.3 is 0 Å². The number of aromatic nitrogens is 2. The predicted octanol–water partition coefficient (Wildman–Crippen LogP) is 3.75. The number of hydrazone groups is 1. The SMILES string of the molecule is CCCCCn1nc(C(=O)N/N=C(/C)c2ccc(OC)cc2)c2ccccc2c1=O. The fourth-order valence-corrected chi connectivity index (χ4v) is 3.15. The molecular formula is C23H26N4O3. The Labute approximate surface area is 175 Å². The Kier molecular flexibility index (Phi) is 6.95. The molecule has 1 aromatic heterocycles. The standard InChI is InChI=1S/C23H26N4O3/c1-4-5-8-15-27-23(29)20-10-7-6-9-19(20)21(26-27)22(28)25-24-16(2)17-11-13-18(30-3)14-12-17/h6-7,9-14H,4-5,8,15H2,1-3H3,(H,25,28)/b24-16-. The third kappa shape index (κ3) is 4.74. The summed E-state index contributed by atoms with van der Waals surface area (Å²) in [5.74, 6) is 0.292. The monoisotopic (exact) mass is 406 g/mol. The zero-order valence-corrected chi connectivity index (χ0v) is 17.5. The first-order valence-electron chi connectivity index (χ1n) is 10.0. The summed E-state index contributed by atoms with van der Waals surface area (Å²) in [6, 6.07) is 14.4. The van der Waals surface area contributed by atoms with Gasteiger partial charge in [-0.15, -0.1) is 0 Å². The Bertz CT molecular complexity index is 1120. The molecule has 0 unspecified atom stereocenters. The molecule has 0 fully saturated rings. The molecule has 3 rings (SSSR count). The number of hydrogen-bond acceptors (Lipinski definition) is 5. The first-order chi connectivity index (χ1) is 14.5. The highest BCUT2D eigenvalue weighted by Gasteiger charge is 2.16. The topological polar surface area (TPSA) is 85.6 Å². The third-order valence-electron chi connectivity index (χ3n) is 4.89. The number of unbranched alkanes of at least 4 members (excludes halogenated alkanes) is 2. The van der Waals surface area contributed by atoms with Gasteiger partial charge in [-0.1, -0.05) is 38.0 Å². The van der Waals surface area contributed by atoms with Crippen molar-refractivity contribution in [2.24, 2.45) is 5.10 Å². The number of aryl methyl sites for hydroxylation is 1. The fraction of sp³-hybridized carbons (Fsp3) is 0.304. The Hall–Kier alpha value is -3.48. The van der Waals surface area contributed by atoms with Crippen LogP contribution < -0.4 is 15.7 Å². The van der Waals surface area contributed by atoms with Crippen LogP contribution in [0, 0.1) is 0 Å². The van der Waals surface area contributed by atoms with Gasteiger partial charge in [0.2, 0.25) is 0 Å². The van der Waals surface area contributed by atoms with Crippen LogP contribution in [0.15, 0.2) is 58.4 Å². The second kappa shape index (κ2) is 9.82.